The Kier molecular flexibility index (Phi) is 6.10. The van der Waals surface area contributed by atoms with Crippen LogP contribution in [0.4, 0.5) is 22.0 Å². The molecule has 124 valence electrons. The van der Waals surface area contributed by atoms with E-state index >= 15 is 0 Å². The lowest BCUT2D eigenvalue weighted by atomic mass is 10.0. The van der Waals surface area contributed by atoms with Crippen LogP contribution < -0.4 is 10.5 Å². The highest BCUT2D eigenvalue weighted by atomic mass is 19.3. The summed E-state index contributed by atoms with van der Waals surface area (Å²) in [6.45, 7) is 1.41. The zero-order chi connectivity index (χ0) is 16.9. The molecule has 0 radical (unpaired) electrons. The van der Waals surface area contributed by atoms with Crippen molar-refractivity contribution in [3.05, 3.63) is 29.8 Å². The summed E-state index contributed by atoms with van der Waals surface area (Å²) in [5, 5.41) is 0. The van der Waals surface area contributed by atoms with Crippen LogP contribution in [0.1, 0.15) is 18.5 Å². The molecular weight excluding hydrogens is 313 g/mol. The fraction of sp³-hybridized carbons (Fsp3) is 0.462. The fourth-order valence-electron chi connectivity index (χ4n) is 1.52. The third kappa shape index (κ3) is 4.55. The Labute approximate surface area is 123 Å². The maximum Gasteiger partial charge on any atom is 0.461 e. The fourth-order valence-corrected chi connectivity index (χ4v) is 1.52. The molecule has 1 unspecified atom stereocenters. The minimum atomic E-state index is -4.70. The molecule has 0 heterocycles. The Bertz CT molecular complexity index is 512. The molecule has 0 bridgehead atoms. The molecule has 0 aliphatic carbocycles. The first kappa shape index (κ1) is 18.1. The molecular formula is C13H14F5NO3. The lowest BCUT2D eigenvalue weighted by Gasteiger charge is -2.19. The predicted octanol–water partition coefficient (Wildman–Crippen LogP) is 2.82. The van der Waals surface area contributed by atoms with Crippen LogP contribution in [-0.4, -0.2) is 31.3 Å². The summed E-state index contributed by atoms with van der Waals surface area (Å²) in [5.74, 6) is -1.84. The van der Waals surface area contributed by atoms with Crippen LogP contribution in [0.15, 0.2) is 24.3 Å². The van der Waals surface area contributed by atoms with Crippen molar-refractivity contribution in [1.82, 2.24) is 0 Å². The summed E-state index contributed by atoms with van der Waals surface area (Å²) in [6.07, 6.45) is -11.0. The summed E-state index contributed by atoms with van der Waals surface area (Å²) in [5.41, 5.74) is 5.41. The zero-order valence-corrected chi connectivity index (χ0v) is 11.4. The summed E-state index contributed by atoms with van der Waals surface area (Å²) < 4.78 is 71.8. The highest BCUT2D eigenvalue weighted by molar-refractivity contribution is 5.75. The van der Waals surface area contributed by atoms with Crippen LogP contribution >= 0.6 is 0 Å². The van der Waals surface area contributed by atoms with Gasteiger partial charge in [0.05, 0.1) is 12.6 Å². The van der Waals surface area contributed by atoms with Gasteiger partial charge in [-0.15, -0.1) is 0 Å². The Balaban J connectivity index is 2.90. The zero-order valence-electron chi connectivity index (χ0n) is 11.4. The lowest BCUT2D eigenvalue weighted by molar-refractivity contribution is -0.253. The normalized spacial score (nSPS) is 14.5. The number of nitrogens with two attached hydrogens (primary N) is 1. The second-order valence-electron chi connectivity index (χ2n) is 4.22. The molecule has 4 nitrogen and oxygen atoms in total. The molecule has 0 aromatic heterocycles. The van der Waals surface area contributed by atoms with Gasteiger partial charge in [0.15, 0.2) is 0 Å². The Hall–Kier alpha value is -1.90. The van der Waals surface area contributed by atoms with Gasteiger partial charge in [-0.05, 0) is 24.6 Å². The number of carbonyl (C=O) groups is 1. The van der Waals surface area contributed by atoms with Crippen molar-refractivity contribution in [3.63, 3.8) is 0 Å². The van der Waals surface area contributed by atoms with E-state index in [1.807, 2.05) is 0 Å². The van der Waals surface area contributed by atoms with E-state index in [1.165, 1.54) is 13.0 Å². The molecule has 0 saturated carbocycles. The van der Waals surface area contributed by atoms with E-state index in [4.69, 9.17) is 5.73 Å². The van der Waals surface area contributed by atoms with Crippen molar-refractivity contribution < 1.29 is 36.2 Å². The van der Waals surface area contributed by atoms with Gasteiger partial charge in [0, 0.05) is 0 Å². The monoisotopic (exact) mass is 327 g/mol. The highest BCUT2D eigenvalue weighted by Gasteiger charge is 2.44. The van der Waals surface area contributed by atoms with Crippen LogP contribution in [0.25, 0.3) is 0 Å². The van der Waals surface area contributed by atoms with Crippen molar-refractivity contribution in [2.24, 2.45) is 5.73 Å². The van der Waals surface area contributed by atoms with Crippen molar-refractivity contribution in [1.29, 1.82) is 0 Å². The number of hydrogen-bond acceptors (Lipinski definition) is 4. The topological polar surface area (TPSA) is 61.5 Å². The molecule has 0 aliphatic heterocycles. The third-order valence-corrected chi connectivity index (χ3v) is 2.58. The molecule has 0 amide bonds. The number of ether oxygens (including phenoxy) is 2. The molecule has 0 saturated heterocycles. The summed E-state index contributed by atoms with van der Waals surface area (Å²) in [7, 11) is 0. The number of carbonyl (C=O) groups excluding carboxylic acids is 1. The van der Waals surface area contributed by atoms with Gasteiger partial charge < -0.3 is 15.2 Å². The van der Waals surface area contributed by atoms with Gasteiger partial charge in [0.25, 0.3) is 0 Å². The second-order valence-corrected chi connectivity index (χ2v) is 4.22. The molecule has 0 aliphatic rings. The van der Waals surface area contributed by atoms with E-state index in [0.29, 0.717) is 0 Å². The molecule has 22 heavy (non-hydrogen) atoms. The largest absolute Gasteiger partial charge is 0.464 e. The van der Waals surface area contributed by atoms with Crippen LogP contribution in [0, 0.1) is 0 Å². The number of hydrogen-bond donors (Lipinski definition) is 1. The minimum Gasteiger partial charge on any atom is -0.464 e. The van der Waals surface area contributed by atoms with Gasteiger partial charge in [0.2, 0.25) is 6.17 Å². The lowest BCUT2D eigenvalue weighted by Crippen LogP contribution is -2.34. The molecule has 0 spiro atoms. The third-order valence-electron chi connectivity index (χ3n) is 2.58. The number of esters is 1. The van der Waals surface area contributed by atoms with E-state index in [-0.39, 0.29) is 12.2 Å². The standard InChI is InChI=1S/C13H14F5NO3/c1-2-21-11(20)9(14)10(19)7-4-3-5-8(6-7)22-13(17,18)12(15)16/h3-6,9-10,12H,2,19H2,1H3/t9?,10-/m0/s1. The first-order valence-electron chi connectivity index (χ1n) is 6.20. The van der Waals surface area contributed by atoms with Crippen molar-refractivity contribution in [3.8, 4) is 5.75 Å². The molecule has 1 aromatic carbocycles. The van der Waals surface area contributed by atoms with Crippen molar-refractivity contribution in [2.45, 2.75) is 31.7 Å². The summed E-state index contributed by atoms with van der Waals surface area (Å²) in [6, 6.07) is 2.72. The maximum absolute atomic E-state index is 13.8. The average molecular weight is 327 g/mol. The number of alkyl halides is 5. The van der Waals surface area contributed by atoms with Crippen LogP contribution in [-0.2, 0) is 9.53 Å². The minimum absolute atomic E-state index is 0.0598. The molecule has 1 rings (SSSR count). The van der Waals surface area contributed by atoms with Crippen LogP contribution in [0.3, 0.4) is 0 Å². The second kappa shape index (κ2) is 7.39. The summed E-state index contributed by atoms with van der Waals surface area (Å²) >= 11 is 0. The first-order valence-corrected chi connectivity index (χ1v) is 6.20. The average Bonchev–Trinajstić information content (AvgIpc) is 2.45. The summed E-state index contributed by atoms with van der Waals surface area (Å²) in [4.78, 5) is 11.2. The van der Waals surface area contributed by atoms with Gasteiger partial charge in [-0.3, -0.25) is 0 Å². The van der Waals surface area contributed by atoms with E-state index in [0.717, 1.165) is 18.2 Å². The molecule has 2 N–H and O–H groups in total. The number of rotatable bonds is 7. The van der Waals surface area contributed by atoms with Crippen molar-refractivity contribution in [2.75, 3.05) is 6.61 Å². The van der Waals surface area contributed by atoms with E-state index in [1.54, 1.807) is 0 Å². The SMILES string of the molecule is CCOC(=O)C(F)[C@@H](N)c1cccc(OC(F)(F)C(F)F)c1. The van der Waals surface area contributed by atoms with Gasteiger partial charge in [-0.2, -0.15) is 17.6 Å². The highest BCUT2D eigenvalue weighted by Crippen LogP contribution is 2.29. The molecule has 9 heteroatoms. The molecule has 2 atom stereocenters. The molecule has 1 aromatic rings. The Morgan fingerprint density at radius 2 is 1.95 bits per heavy atom. The van der Waals surface area contributed by atoms with Gasteiger partial charge in [0.1, 0.15) is 5.75 Å². The van der Waals surface area contributed by atoms with Gasteiger partial charge in [-0.1, -0.05) is 12.1 Å². The Morgan fingerprint density at radius 1 is 1.32 bits per heavy atom. The first-order chi connectivity index (χ1) is 10.2. The van der Waals surface area contributed by atoms with E-state index in [9.17, 15) is 26.7 Å². The van der Waals surface area contributed by atoms with E-state index in [2.05, 4.69) is 9.47 Å². The number of benzene rings is 1. The maximum atomic E-state index is 13.8. The van der Waals surface area contributed by atoms with Crippen LogP contribution in [0.5, 0.6) is 5.75 Å². The number of halogens is 5. The van der Waals surface area contributed by atoms with Gasteiger partial charge >= 0.3 is 18.5 Å². The Morgan fingerprint density at radius 3 is 2.50 bits per heavy atom. The van der Waals surface area contributed by atoms with Crippen LogP contribution in [0.2, 0.25) is 0 Å². The smallest absolute Gasteiger partial charge is 0.461 e. The quantitative estimate of drug-likeness (QED) is 0.618. The van der Waals surface area contributed by atoms with E-state index < -0.39 is 36.5 Å². The van der Waals surface area contributed by atoms with Crippen molar-refractivity contribution >= 4 is 5.97 Å². The van der Waals surface area contributed by atoms with Gasteiger partial charge in [-0.25, -0.2) is 9.18 Å². The predicted molar refractivity (Wildman–Crippen MR) is 66.5 cm³/mol. The molecule has 0 fully saturated rings.